The zero-order valence-corrected chi connectivity index (χ0v) is 7.07. The molecule has 0 aromatic heterocycles. The number of benzene rings is 1. The summed E-state index contributed by atoms with van der Waals surface area (Å²) in [4.78, 5) is 21.3. The van der Waals surface area contributed by atoms with E-state index in [0.717, 1.165) is 5.56 Å². The maximum absolute atomic E-state index is 11.1. The van der Waals surface area contributed by atoms with E-state index in [1.165, 1.54) is 0 Å². The summed E-state index contributed by atoms with van der Waals surface area (Å²) in [6.45, 7) is 1.83. The first-order chi connectivity index (χ1) is 6.09. The van der Waals surface area contributed by atoms with Gasteiger partial charge in [-0.2, -0.15) is 0 Å². The van der Waals surface area contributed by atoms with Crippen LogP contribution in [0.4, 0.5) is 4.79 Å². The Morgan fingerprint density at radius 2 is 2.08 bits per heavy atom. The molecule has 0 spiro atoms. The minimum Gasteiger partial charge on any atom is -0.465 e. The van der Waals surface area contributed by atoms with Gasteiger partial charge in [0.15, 0.2) is 0 Å². The molecule has 0 atom stereocenters. The number of carbonyl (C=O) groups excluding carboxylic acids is 1. The fourth-order valence-electron chi connectivity index (χ4n) is 0.956. The number of aryl methyl sites for hydroxylation is 1. The van der Waals surface area contributed by atoms with Crippen molar-refractivity contribution in [3.63, 3.8) is 0 Å². The van der Waals surface area contributed by atoms with Gasteiger partial charge in [-0.05, 0) is 19.1 Å². The summed E-state index contributed by atoms with van der Waals surface area (Å²) in [7, 11) is 0. The molecule has 68 valence electrons. The molecule has 0 unspecified atom stereocenters. The van der Waals surface area contributed by atoms with Gasteiger partial charge in [0.05, 0.1) is 0 Å². The maximum Gasteiger partial charge on any atom is 0.411 e. The van der Waals surface area contributed by atoms with Gasteiger partial charge in [-0.3, -0.25) is 10.1 Å². The molecule has 2 amide bonds. The second-order valence-corrected chi connectivity index (χ2v) is 2.63. The summed E-state index contributed by atoms with van der Waals surface area (Å²) in [6.07, 6.45) is -1.34. The molecule has 0 radical (unpaired) electrons. The summed E-state index contributed by atoms with van der Waals surface area (Å²) in [5.74, 6) is -0.601. The van der Waals surface area contributed by atoms with Gasteiger partial charge in [0.1, 0.15) is 0 Å². The molecule has 0 aliphatic rings. The molecule has 4 heteroatoms. The van der Waals surface area contributed by atoms with Crippen LogP contribution in [0.2, 0.25) is 0 Å². The zero-order chi connectivity index (χ0) is 9.84. The van der Waals surface area contributed by atoms with Crippen molar-refractivity contribution in [2.75, 3.05) is 0 Å². The lowest BCUT2D eigenvalue weighted by Gasteiger charge is -2.00. The SMILES string of the molecule is Cc1cccc(C(=O)NC(=O)O)c1. The lowest BCUT2D eigenvalue weighted by molar-refractivity contribution is 0.0948. The second-order valence-electron chi connectivity index (χ2n) is 2.63. The Bertz CT molecular complexity index is 346. The van der Waals surface area contributed by atoms with E-state index < -0.39 is 12.0 Å². The van der Waals surface area contributed by atoms with Crippen LogP contribution in [0.3, 0.4) is 0 Å². The average molecular weight is 179 g/mol. The molecule has 1 aromatic rings. The monoisotopic (exact) mass is 179 g/mol. The first-order valence-electron chi connectivity index (χ1n) is 3.70. The Labute approximate surface area is 75.2 Å². The molecule has 1 rings (SSSR count). The maximum atomic E-state index is 11.1. The molecular formula is C9H9NO3. The Hall–Kier alpha value is -1.84. The third-order valence-electron chi connectivity index (χ3n) is 1.50. The number of rotatable bonds is 1. The van der Waals surface area contributed by atoms with Gasteiger partial charge in [0.2, 0.25) is 0 Å². The second kappa shape index (κ2) is 3.71. The summed E-state index contributed by atoms with van der Waals surface area (Å²) in [5.41, 5.74) is 1.26. The highest BCUT2D eigenvalue weighted by atomic mass is 16.4. The number of amides is 2. The molecule has 0 aliphatic heterocycles. The van der Waals surface area contributed by atoms with Crippen LogP contribution in [-0.2, 0) is 0 Å². The number of hydrogen-bond acceptors (Lipinski definition) is 2. The summed E-state index contributed by atoms with van der Waals surface area (Å²) < 4.78 is 0. The highest BCUT2D eigenvalue weighted by Crippen LogP contribution is 2.03. The highest BCUT2D eigenvalue weighted by Gasteiger charge is 2.07. The lowest BCUT2D eigenvalue weighted by Crippen LogP contribution is -2.28. The molecule has 0 saturated carbocycles. The van der Waals surface area contributed by atoms with Crippen molar-refractivity contribution >= 4 is 12.0 Å². The van der Waals surface area contributed by atoms with E-state index in [9.17, 15) is 9.59 Å². The van der Waals surface area contributed by atoms with Crippen LogP contribution >= 0.6 is 0 Å². The van der Waals surface area contributed by atoms with E-state index in [1.54, 1.807) is 23.5 Å². The number of hydrogen-bond donors (Lipinski definition) is 2. The smallest absolute Gasteiger partial charge is 0.411 e. The van der Waals surface area contributed by atoms with Gasteiger partial charge in [0, 0.05) is 5.56 Å². The van der Waals surface area contributed by atoms with Crippen molar-refractivity contribution in [3.05, 3.63) is 35.4 Å². The van der Waals surface area contributed by atoms with Crippen molar-refractivity contribution in [2.45, 2.75) is 6.92 Å². The predicted octanol–water partition coefficient (Wildman–Crippen LogP) is 1.40. The van der Waals surface area contributed by atoms with Crippen LogP contribution in [-0.4, -0.2) is 17.1 Å². The molecule has 13 heavy (non-hydrogen) atoms. The minimum absolute atomic E-state index is 0.349. The topological polar surface area (TPSA) is 66.4 Å². The fraction of sp³-hybridized carbons (Fsp3) is 0.111. The van der Waals surface area contributed by atoms with Crippen LogP contribution in [0.1, 0.15) is 15.9 Å². The molecule has 1 aromatic carbocycles. The van der Waals surface area contributed by atoms with Gasteiger partial charge in [0.25, 0.3) is 5.91 Å². The summed E-state index contributed by atoms with van der Waals surface area (Å²) >= 11 is 0. The zero-order valence-electron chi connectivity index (χ0n) is 7.07. The lowest BCUT2D eigenvalue weighted by atomic mass is 10.1. The van der Waals surface area contributed by atoms with Crippen molar-refractivity contribution in [1.82, 2.24) is 5.32 Å². The van der Waals surface area contributed by atoms with E-state index in [4.69, 9.17) is 5.11 Å². The van der Waals surface area contributed by atoms with E-state index in [1.807, 2.05) is 13.0 Å². The van der Waals surface area contributed by atoms with Crippen molar-refractivity contribution < 1.29 is 14.7 Å². The number of nitrogens with one attached hydrogen (secondary N) is 1. The quantitative estimate of drug-likeness (QED) is 0.684. The van der Waals surface area contributed by atoms with E-state index in [2.05, 4.69) is 0 Å². The number of carboxylic acid groups (broad SMARTS) is 1. The van der Waals surface area contributed by atoms with E-state index in [0.29, 0.717) is 5.56 Å². The van der Waals surface area contributed by atoms with Gasteiger partial charge >= 0.3 is 6.09 Å². The third kappa shape index (κ3) is 2.59. The van der Waals surface area contributed by atoms with Crippen LogP contribution in [0.15, 0.2) is 24.3 Å². The highest BCUT2D eigenvalue weighted by molar-refractivity contribution is 6.02. The first-order valence-corrected chi connectivity index (χ1v) is 3.70. The molecule has 0 bridgehead atoms. The van der Waals surface area contributed by atoms with Crippen LogP contribution in [0, 0.1) is 6.92 Å². The van der Waals surface area contributed by atoms with Crippen molar-refractivity contribution in [1.29, 1.82) is 0 Å². The largest absolute Gasteiger partial charge is 0.465 e. The number of imide groups is 1. The predicted molar refractivity (Wildman–Crippen MR) is 46.7 cm³/mol. The molecule has 0 saturated heterocycles. The summed E-state index contributed by atoms with van der Waals surface area (Å²) in [6, 6.07) is 6.72. The fourth-order valence-corrected chi connectivity index (χ4v) is 0.956. The molecule has 4 nitrogen and oxygen atoms in total. The third-order valence-corrected chi connectivity index (χ3v) is 1.50. The minimum atomic E-state index is -1.34. The van der Waals surface area contributed by atoms with Crippen LogP contribution in [0.5, 0.6) is 0 Å². The Kier molecular flexibility index (Phi) is 2.64. The van der Waals surface area contributed by atoms with Crippen LogP contribution in [0.25, 0.3) is 0 Å². The molecule has 2 N–H and O–H groups in total. The van der Waals surface area contributed by atoms with E-state index >= 15 is 0 Å². The standard InChI is InChI=1S/C9H9NO3/c1-6-3-2-4-7(5-6)8(11)10-9(12)13/h2-5H,1H3,(H,10,11)(H,12,13). The summed E-state index contributed by atoms with van der Waals surface area (Å²) in [5, 5.41) is 10.0. The molecule has 0 aliphatic carbocycles. The Balaban J connectivity index is 2.83. The number of carbonyl (C=O) groups is 2. The molecular weight excluding hydrogens is 170 g/mol. The van der Waals surface area contributed by atoms with Crippen molar-refractivity contribution in [3.8, 4) is 0 Å². The van der Waals surface area contributed by atoms with Crippen LogP contribution < -0.4 is 5.32 Å². The Morgan fingerprint density at radius 1 is 1.38 bits per heavy atom. The molecule has 0 heterocycles. The van der Waals surface area contributed by atoms with Crippen molar-refractivity contribution in [2.24, 2.45) is 0 Å². The first kappa shape index (κ1) is 9.25. The van der Waals surface area contributed by atoms with Gasteiger partial charge < -0.3 is 5.11 Å². The van der Waals surface area contributed by atoms with Gasteiger partial charge in [-0.15, -0.1) is 0 Å². The van der Waals surface area contributed by atoms with E-state index in [-0.39, 0.29) is 0 Å². The van der Waals surface area contributed by atoms with Gasteiger partial charge in [-0.1, -0.05) is 17.7 Å². The Morgan fingerprint density at radius 3 is 2.62 bits per heavy atom. The molecule has 0 fully saturated rings. The van der Waals surface area contributed by atoms with Gasteiger partial charge in [-0.25, -0.2) is 4.79 Å². The normalized spacial score (nSPS) is 9.31. The average Bonchev–Trinajstić information content (AvgIpc) is 2.03.